The second-order valence-electron chi connectivity index (χ2n) is 5.06. The number of H-pyrrole nitrogens is 1. The fourth-order valence-corrected chi connectivity index (χ4v) is 2.20. The number of carbonyl (C=O) groups excluding carboxylic acids is 1. The number of hydrogen-bond acceptors (Lipinski definition) is 7. The summed E-state index contributed by atoms with van der Waals surface area (Å²) in [5, 5.41) is 23.2. The zero-order valence-corrected chi connectivity index (χ0v) is 13.3. The zero-order chi connectivity index (χ0) is 18.7. The second kappa shape index (κ2) is 6.96. The summed E-state index contributed by atoms with van der Waals surface area (Å²) in [6.07, 6.45) is 1.34. The molecule has 134 valence electrons. The number of methoxy groups -OCH3 is 1. The maximum absolute atomic E-state index is 13.2. The number of aromatic nitrogens is 5. The van der Waals surface area contributed by atoms with Gasteiger partial charge in [0, 0.05) is 0 Å². The summed E-state index contributed by atoms with van der Waals surface area (Å²) >= 11 is 0. The SMILES string of the molecule is COc1n[nH]c(C(=O)Nc2ncn(Cc3cccc(F)c3)n2)c1[N+](=O)[O-]. The third kappa shape index (κ3) is 3.48. The van der Waals surface area contributed by atoms with Gasteiger partial charge in [-0.2, -0.15) is 0 Å². The summed E-state index contributed by atoms with van der Waals surface area (Å²) in [4.78, 5) is 26.4. The Labute approximate surface area is 145 Å². The van der Waals surface area contributed by atoms with Crippen LogP contribution in [0.1, 0.15) is 16.1 Å². The van der Waals surface area contributed by atoms with Gasteiger partial charge in [0.15, 0.2) is 0 Å². The van der Waals surface area contributed by atoms with Crippen molar-refractivity contribution in [3.8, 4) is 5.88 Å². The van der Waals surface area contributed by atoms with Gasteiger partial charge in [-0.15, -0.1) is 10.2 Å². The molecule has 1 amide bonds. The molecule has 2 heterocycles. The van der Waals surface area contributed by atoms with Crippen LogP contribution in [0.15, 0.2) is 30.6 Å². The first-order valence-electron chi connectivity index (χ1n) is 7.20. The van der Waals surface area contributed by atoms with Crippen LogP contribution in [-0.2, 0) is 6.54 Å². The van der Waals surface area contributed by atoms with E-state index in [0.717, 1.165) is 0 Å². The van der Waals surface area contributed by atoms with Gasteiger partial charge in [-0.1, -0.05) is 12.1 Å². The minimum atomic E-state index is -0.851. The number of halogens is 1. The van der Waals surface area contributed by atoms with Crippen molar-refractivity contribution in [1.29, 1.82) is 0 Å². The predicted octanol–water partition coefficient (Wildman–Crippen LogP) is 1.36. The third-order valence-corrected chi connectivity index (χ3v) is 3.31. The van der Waals surface area contributed by atoms with Crippen molar-refractivity contribution in [2.45, 2.75) is 6.54 Å². The van der Waals surface area contributed by atoms with E-state index >= 15 is 0 Å². The van der Waals surface area contributed by atoms with Crippen molar-refractivity contribution in [2.75, 3.05) is 12.4 Å². The van der Waals surface area contributed by atoms with E-state index < -0.39 is 22.2 Å². The smallest absolute Gasteiger partial charge is 0.362 e. The lowest BCUT2D eigenvalue weighted by molar-refractivity contribution is -0.386. The molecule has 1 aromatic carbocycles. The number of rotatable bonds is 6. The van der Waals surface area contributed by atoms with Gasteiger partial charge in [0.1, 0.15) is 12.1 Å². The van der Waals surface area contributed by atoms with Crippen molar-refractivity contribution < 1.29 is 18.8 Å². The number of aromatic amines is 1. The number of carbonyl (C=O) groups is 1. The molecule has 0 aliphatic heterocycles. The number of hydrogen-bond donors (Lipinski definition) is 2. The molecule has 0 radical (unpaired) electrons. The van der Waals surface area contributed by atoms with E-state index in [9.17, 15) is 19.3 Å². The van der Waals surface area contributed by atoms with Gasteiger partial charge >= 0.3 is 11.6 Å². The molecule has 12 heteroatoms. The van der Waals surface area contributed by atoms with Crippen LogP contribution in [0.5, 0.6) is 5.88 Å². The zero-order valence-electron chi connectivity index (χ0n) is 13.3. The number of benzene rings is 1. The van der Waals surface area contributed by atoms with Crippen LogP contribution in [0, 0.1) is 15.9 Å². The fourth-order valence-electron chi connectivity index (χ4n) is 2.20. The summed E-state index contributed by atoms with van der Waals surface area (Å²) in [6.45, 7) is 0.235. The summed E-state index contributed by atoms with van der Waals surface area (Å²) < 4.78 is 19.3. The lowest BCUT2D eigenvalue weighted by atomic mass is 10.2. The average molecular weight is 361 g/mol. The maximum Gasteiger partial charge on any atom is 0.362 e. The highest BCUT2D eigenvalue weighted by Crippen LogP contribution is 2.27. The summed E-state index contributed by atoms with van der Waals surface area (Å²) in [5.74, 6) is -1.62. The van der Waals surface area contributed by atoms with Crippen LogP contribution in [-0.4, -0.2) is 42.9 Å². The summed E-state index contributed by atoms with van der Waals surface area (Å²) in [6, 6.07) is 5.94. The topological polar surface area (TPSA) is 141 Å². The minimum Gasteiger partial charge on any atom is -0.475 e. The highest BCUT2D eigenvalue weighted by molar-refractivity contribution is 6.05. The number of anilines is 1. The van der Waals surface area contributed by atoms with E-state index in [4.69, 9.17) is 4.74 Å². The van der Waals surface area contributed by atoms with Crippen molar-refractivity contribution in [2.24, 2.45) is 0 Å². The first-order chi connectivity index (χ1) is 12.5. The highest BCUT2D eigenvalue weighted by Gasteiger charge is 2.30. The van der Waals surface area contributed by atoms with Crippen LogP contribution in [0.4, 0.5) is 16.0 Å². The molecule has 0 unspecified atom stereocenters. The highest BCUT2D eigenvalue weighted by atomic mass is 19.1. The number of nitrogens with one attached hydrogen (secondary N) is 2. The predicted molar refractivity (Wildman–Crippen MR) is 85.3 cm³/mol. The van der Waals surface area contributed by atoms with Gasteiger partial charge in [0.25, 0.3) is 5.91 Å². The van der Waals surface area contributed by atoms with E-state index in [1.807, 2.05) is 0 Å². The van der Waals surface area contributed by atoms with Crippen molar-refractivity contribution >= 4 is 17.5 Å². The lowest BCUT2D eigenvalue weighted by Gasteiger charge is -2.01. The van der Waals surface area contributed by atoms with E-state index in [1.165, 1.54) is 30.3 Å². The molecule has 0 saturated heterocycles. The Hall–Kier alpha value is -3.83. The van der Waals surface area contributed by atoms with Crippen LogP contribution < -0.4 is 10.1 Å². The summed E-state index contributed by atoms with van der Waals surface area (Å²) in [5.41, 5.74) is -0.334. The Morgan fingerprint density at radius 3 is 3.00 bits per heavy atom. The second-order valence-corrected chi connectivity index (χ2v) is 5.06. The van der Waals surface area contributed by atoms with Gasteiger partial charge in [-0.25, -0.2) is 14.1 Å². The van der Waals surface area contributed by atoms with E-state index in [-0.39, 0.29) is 24.2 Å². The van der Waals surface area contributed by atoms with Crippen molar-refractivity contribution in [3.05, 3.63) is 57.8 Å². The Bertz CT molecular complexity index is 968. The van der Waals surface area contributed by atoms with Crippen LogP contribution >= 0.6 is 0 Å². The maximum atomic E-state index is 13.2. The number of nitrogens with zero attached hydrogens (tertiary/aromatic N) is 5. The molecule has 0 fully saturated rings. The van der Waals surface area contributed by atoms with E-state index in [1.54, 1.807) is 12.1 Å². The van der Waals surface area contributed by atoms with E-state index in [0.29, 0.717) is 5.56 Å². The van der Waals surface area contributed by atoms with Crippen LogP contribution in [0.2, 0.25) is 0 Å². The fraction of sp³-hybridized carbons (Fsp3) is 0.143. The quantitative estimate of drug-likeness (QED) is 0.499. The monoisotopic (exact) mass is 361 g/mol. The molecule has 3 aromatic rings. The largest absolute Gasteiger partial charge is 0.475 e. The number of amides is 1. The average Bonchev–Trinajstić information content (AvgIpc) is 3.21. The Kier molecular flexibility index (Phi) is 4.55. The van der Waals surface area contributed by atoms with Crippen LogP contribution in [0.25, 0.3) is 0 Å². The first-order valence-corrected chi connectivity index (χ1v) is 7.20. The Balaban J connectivity index is 1.74. The standard InChI is InChI=1S/C14H12FN7O4/c1-26-13-11(22(24)25)10(18-19-13)12(23)17-14-16-7-21(20-14)6-8-3-2-4-9(15)5-8/h2-5,7H,6H2,1H3,(H,18,19)(H,17,20,23). The number of nitro groups is 1. The molecule has 0 bridgehead atoms. The normalized spacial score (nSPS) is 10.5. The number of ether oxygens (including phenoxy) is 1. The lowest BCUT2D eigenvalue weighted by Crippen LogP contribution is -2.15. The first kappa shape index (κ1) is 17.0. The van der Waals surface area contributed by atoms with Crippen molar-refractivity contribution in [1.82, 2.24) is 25.0 Å². The molecule has 11 nitrogen and oxygen atoms in total. The van der Waals surface area contributed by atoms with Crippen molar-refractivity contribution in [3.63, 3.8) is 0 Å². The van der Waals surface area contributed by atoms with Gasteiger partial charge in [-0.05, 0) is 17.7 Å². The minimum absolute atomic E-state index is 0.0748. The molecular weight excluding hydrogens is 349 g/mol. The molecule has 0 aliphatic carbocycles. The molecule has 0 aliphatic rings. The molecule has 26 heavy (non-hydrogen) atoms. The van der Waals surface area contributed by atoms with Gasteiger partial charge in [-0.3, -0.25) is 25.3 Å². The molecule has 2 aromatic heterocycles. The molecule has 2 N–H and O–H groups in total. The Morgan fingerprint density at radius 1 is 1.50 bits per heavy atom. The third-order valence-electron chi connectivity index (χ3n) is 3.31. The van der Waals surface area contributed by atoms with Crippen LogP contribution in [0.3, 0.4) is 0 Å². The Morgan fingerprint density at radius 2 is 2.31 bits per heavy atom. The summed E-state index contributed by atoms with van der Waals surface area (Å²) in [7, 11) is 1.19. The van der Waals surface area contributed by atoms with E-state index in [2.05, 4.69) is 25.6 Å². The molecule has 3 rings (SSSR count). The van der Waals surface area contributed by atoms with Gasteiger partial charge in [0.2, 0.25) is 11.6 Å². The molecular formula is C14H12FN7O4. The molecule has 0 spiro atoms. The van der Waals surface area contributed by atoms with Gasteiger partial charge in [0.05, 0.1) is 18.6 Å². The molecule has 0 atom stereocenters. The van der Waals surface area contributed by atoms with Gasteiger partial charge < -0.3 is 4.74 Å². The molecule has 0 saturated carbocycles.